The van der Waals surface area contributed by atoms with Crippen molar-refractivity contribution < 1.29 is 19.3 Å². The Hall–Kier alpha value is -3.52. The fourth-order valence-electron chi connectivity index (χ4n) is 3.92. The molecule has 1 saturated carbocycles. The van der Waals surface area contributed by atoms with Gasteiger partial charge in [-0.1, -0.05) is 12.1 Å². The number of aromatic hydroxyl groups is 1. The van der Waals surface area contributed by atoms with Crippen molar-refractivity contribution in [2.45, 2.75) is 38.9 Å². The standard InChI is InChI=1S/C25H30N4O4/c1-4-32-20-12-15(11-17-14-28-24(27)29-23(17)26)13-21(33-25(2,31-3)18-7-8-18)22(20)16-5-9-19(30)10-6-16/h5-6,9-10,12-14,18,30H,4,7-8,11H2,1-3H3,(H4,26,27,28,29). The third-order valence-corrected chi connectivity index (χ3v) is 5.93. The van der Waals surface area contributed by atoms with Crippen LogP contribution in [-0.2, 0) is 11.2 Å². The van der Waals surface area contributed by atoms with E-state index in [-0.39, 0.29) is 11.7 Å². The molecule has 174 valence electrons. The molecule has 8 nitrogen and oxygen atoms in total. The van der Waals surface area contributed by atoms with Gasteiger partial charge in [0.15, 0.2) is 0 Å². The van der Waals surface area contributed by atoms with E-state index in [0.29, 0.717) is 36.3 Å². The zero-order valence-corrected chi connectivity index (χ0v) is 19.2. The quantitative estimate of drug-likeness (QED) is 0.415. The molecule has 0 bridgehead atoms. The molecule has 1 atom stereocenters. The number of aromatic nitrogens is 2. The average molecular weight is 451 g/mol. The molecule has 33 heavy (non-hydrogen) atoms. The number of methoxy groups -OCH3 is 1. The minimum atomic E-state index is -0.767. The highest BCUT2D eigenvalue weighted by Gasteiger charge is 2.44. The van der Waals surface area contributed by atoms with E-state index in [1.807, 2.05) is 38.1 Å². The van der Waals surface area contributed by atoms with Crippen molar-refractivity contribution in [2.75, 3.05) is 25.2 Å². The van der Waals surface area contributed by atoms with E-state index in [1.165, 1.54) is 0 Å². The highest BCUT2D eigenvalue weighted by Crippen LogP contribution is 2.47. The lowest BCUT2D eigenvalue weighted by Crippen LogP contribution is -2.37. The zero-order chi connectivity index (χ0) is 23.6. The fourth-order valence-corrected chi connectivity index (χ4v) is 3.92. The van der Waals surface area contributed by atoms with Gasteiger partial charge in [-0.25, -0.2) is 4.98 Å². The van der Waals surface area contributed by atoms with Crippen LogP contribution >= 0.6 is 0 Å². The second-order valence-corrected chi connectivity index (χ2v) is 8.36. The van der Waals surface area contributed by atoms with Gasteiger partial charge in [0, 0.05) is 38.1 Å². The summed E-state index contributed by atoms with van der Waals surface area (Å²) >= 11 is 0. The molecule has 1 fully saturated rings. The minimum absolute atomic E-state index is 0.137. The zero-order valence-electron chi connectivity index (χ0n) is 19.2. The summed E-state index contributed by atoms with van der Waals surface area (Å²) in [6.07, 6.45) is 4.22. The van der Waals surface area contributed by atoms with Gasteiger partial charge in [0.2, 0.25) is 11.7 Å². The Morgan fingerprint density at radius 2 is 1.82 bits per heavy atom. The number of nitrogens with zero attached hydrogens (tertiary/aromatic N) is 2. The second kappa shape index (κ2) is 9.15. The van der Waals surface area contributed by atoms with E-state index in [0.717, 1.165) is 35.1 Å². The van der Waals surface area contributed by atoms with Gasteiger partial charge >= 0.3 is 0 Å². The maximum absolute atomic E-state index is 9.79. The summed E-state index contributed by atoms with van der Waals surface area (Å²) < 4.78 is 18.4. The van der Waals surface area contributed by atoms with Crippen molar-refractivity contribution in [1.29, 1.82) is 0 Å². The molecule has 1 heterocycles. The Morgan fingerprint density at radius 3 is 2.42 bits per heavy atom. The molecule has 0 spiro atoms. The molecule has 1 unspecified atom stereocenters. The van der Waals surface area contributed by atoms with Gasteiger partial charge in [-0.15, -0.1) is 0 Å². The first-order valence-corrected chi connectivity index (χ1v) is 11.0. The van der Waals surface area contributed by atoms with E-state index >= 15 is 0 Å². The SMILES string of the molecule is CCOc1cc(Cc2cnc(N)nc2N)cc(OC(C)(OC)C2CC2)c1-c1ccc(O)cc1. The van der Waals surface area contributed by atoms with Gasteiger partial charge in [0.25, 0.3) is 0 Å². The number of nitrogen functional groups attached to an aromatic ring is 2. The highest BCUT2D eigenvalue weighted by atomic mass is 16.7. The van der Waals surface area contributed by atoms with Gasteiger partial charge < -0.3 is 30.8 Å². The van der Waals surface area contributed by atoms with Crippen LogP contribution in [0.15, 0.2) is 42.6 Å². The van der Waals surface area contributed by atoms with Crippen molar-refractivity contribution in [1.82, 2.24) is 9.97 Å². The highest BCUT2D eigenvalue weighted by molar-refractivity contribution is 5.78. The summed E-state index contributed by atoms with van der Waals surface area (Å²) in [5.41, 5.74) is 15.1. The predicted octanol–water partition coefficient (Wildman–Crippen LogP) is 4.15. The largest absolute Gasteiger partial charge is 0.508 e. The molecule has 0 radical (unpaired) electrons. The van der Waals surface area contributed by atoms with Crippen molar-refractivity contribution in [3.8, 4) is 28.4 Å². The molecule has 4 rings (SSSR count). The number of rotatable bonds is 9. The first-order chi connectivity index (χ1) is 15.8. The number of hydrogen-bond acceptors (Lipinski definition) is 8. The monoisotopic (exact) mass is 450 g/mol. The topological polar surface area (TPSA) is 126 Å². The summed E-state index contributed by atoms with van der Waals surface area (Å²) in [5.74, 6) is 1.51. The molecule has 0 amide bonds. The lowest BCUT2D eigenvalue weighted by molar-refractivity contribution is -0.164. The van der Waals surface area contributed by atoms with E-state index in [1.54, 1.807) is 25.4 Å². The van der Waals surface area contributed by atoms with Crippen molar-refractivity contribution in [3.63, 3.8) is 0 Å². The molecule has 3 aromatic rings. The number of ether oxygens (including phenoxy) is 3. The van der Waals surface area contributed by atoms with Gasteiger partial charge in [0.1, 0.15) is 23.1 Å². The number of hydrogen-bond donors (Lipinski definition) is 3. The Labute approximate surface area is 193 Å². The van der Waals surface area contributed by atoms with E-state index in [4.69, 9.17) is 25.7 Å². The molecule has 5 N–H and O–H groups in total. The molecule has 8 heteroatoms. The van der Waals surface area contributed by atoms with E-state index < -0.39 is 5.79 Å². The maximum Gasteiger partial charge on any atom is 0.221 e. The molecule has 0 saturated heterocycles. The molecule has 1 aromatic heterocycles. The first-order valence-electron chi connectivity index (χ1n) is 11.0. The fraction of sp³-hybridized carbons (Fsp3) is 0.360. The van der Waals surface area contributed by atoms with Crippen molar-refractivity contribution in [2.24, 2.45) is 5.92 Å². The van der Waals surface area contributed by atoms with Crippen LogP contribution in [0.1, 0.15) is 37.8 Å². The van der Waals surface area contributed by atoms with Gasteiger partial charge in [-0.3, -0.25) is 0 Å². The van der Waals surface area contributed by atoms with Gasteiger partial charge in [-0.2, -0.15) is 4.98 Å². The summed E-state index contributed by atoms with van der Waals surface area (Å²) in [6, 6.07) is 10.9. The van der Waals surface area contributed by atoms with Gasteiger partial charge in [0.05, 0.1) is 12.2 Å². The Bertz CT molecular complexity index is 1130. The predicted molar refractivity (Wildman–Crippen MR) is 127 cm³/mol. The minimum Gasteiger partial charge on any atom is -0.508 e. The van der Waals surface area contributed by atoms with E-state index in [2.05, 4.69) is 9.97 Å². The smallest absolute Gasteiger partial charge is 0.221 e. The molecular formula is C25H30N4O4. The van der Waals surface area contributed by atoms with Crippen LogP contribution in [0.25, 0.3) is 11.1 Å². The number of phenolic OH excluding ortho intramolecular Hbond substituents is 1. The van der Waals surface area contributed by atoms with Crippen LogP contribution in [0.5, 0.6) is 17.2 Å². The molecule has 1 aliphatic rings. The lowest BCUT2D eigenvalue weighted by atomic mass is 9.98. The molecule has 2 aromatic carbocycles. The third kappa shape index (κ3) is 4.96. The summed E-state index contributed by atoms with van der Waals surface area (Å²) in [6.45, 7) is 4.37. The van der Waals surface area contributed by atoms with Crippen LogP contribution in [0.4, 0.5) is 11.8 Å². The number of benzene rings is 2. The summed E-state index contributed by atoms with van der Waals surface area (Å²) in [7, 11) is 1.66. The molecule has 0 aliphatic heterocycles. The molecular weight excluding hydrogens is 420 g/mol. The van der Waals surface area contributed by atoms with E-state index in [9.17, 15) is 5.11 Å². The van der Waals surface area contributed by atoms with Crippen LogP contribution in [-0.4, -0.2) is 34.6 Å². The van der Waals surface area contributed by atoms with Gasteiger partial charge in [-0.05, 0) is 55.2 Å². The Kier molecular flexibility index (Phi) is 6.29. The molecule has 1 aliphatic carbocycles. The number of phenols is 1. The van der Waals surface area contributed by atoms with Crippen LogP contribution in [0.3, 0.4) is 0 Å². The normalized spacial score (nSPS) is 15.1. The first kappa shape index (κ1) is 22.7. The Morgan fingerprint density at radius 1 is 1.12 bits per heavy atom. The Balaban J connectivity index is 1.83. The van der Waals surface area contributed by atoms with Crippen LogP contribution in [0.2, 0.25) is 0 Å². The summed E-state index contributed by atoms with van der Waals surface area (Å²) in [4.78, 5) is 8.14. The average Bonchev–Trinajstić information content (AvgIpc) is 3.63. The number of nitrogens with two attached hydrogens (primary N) is 2. The third-order valence-electron chi connectivity index (χ3n) is 5.93. The maximum atomic E-state index is 9.79. The van der Waals surface area contributed by atoms with Crippen molar-refractivity contribution in [3.05, 3.63) is 53.7 Å². The summed E-state index contributed by atoms with van der Waals surface area (Å²) in [5, 5.41) is 9.79. The second-order valence-electron chi connectivity index (χ2n) is 8.36. The van der Waals surface area contributed by atoms with Crippen LogP contribution < -0.4 is 20.9 Å². The lowest BCUT2D eigenvalue weighted by Gasteiger charge is -2.31. The number of anilines is 2. The van der Waals surface area contributed by atoms with Crippen molar-refractivity contribution >= 4 is 11.8 Å². The van der Waals surface area contributed by atoms with Crippen LogP contribution in [0, 0.1) is 5.92 Å².